The molecule has 3 rings (SSSR count). The fourth-order valence-electron chi connectivity index (χ4n) is 3.49. The predicted octanol–water partition coefficient (Wildman–Crippen LogP) is 2.31. The topological polar surface area (TPSA) is 80.8 Å². The molecule has 1 aliphatic carbocycles. The molecule has 136 valence electrons. The molecule has 2 aliphatic rings. The van der Waals surface area contributed by atoms with Crippen LogP contribution in [0.2, 0.25) is 0 Å². The zero-order valence-corrected chi connectivity index (χ0v) is 15.2. The summed E-state index contributed by atoms with van der Waals surface area (Å²) in [7, 11) is -3.30. The van der Waals surface area contributed by atoms with E-state index >= 15 is 0 Å². The average Bonchev–Trinajstić information content (AvgIpc) is 3.28. The smallest absolute Gasteiger partial charge is 0.309 e. The first-order chi connectivity index (χ1) is 11.9. The third-order valence-electron chi connectivity index (χ3n) is 4.99. The van der Waals surface area contributed by atoms with E-state index in [2.05, 4.69) is 0 Å². The van der Waals surface area contributed by atoms with Gasteiger partial charge in [-0.25, -0.2) is 8.42 Å². The highest BCUT2D eigenvalue weighted by molar-refractivity contribution is 7.92. The Kier molecular flexibility index (Phi) is 5.13. The second kappa shape index (κ2) is 7.15. The molecule has 1 aliphatic heterocycles. The number of carbonyl (C=O) groups is 2. The van der Waals surface area contributed by atoms with Gasteiger partial charge in [0.25, 0.3) is 0 Å². The van der Waals surface area contributed by atoms with Gasteiger partial charge in [-0.15, -0.1) is 0 Å². The number of hydrogen-bond donors (Lipinski definition) is 0. The lowest BCUT2D eigenvalue weighted by molar-refractivity contribution is -0.147. The molecule has 1 fully saturated rings. The number of benzene rings is 1. The molecule has 6 nitrogen and oxygen atoms in total. The standard InChI is InChI=1S/C18H23NO5S/c1-2-25(22,23)19-10-9-14-11-15(7-8-16(14)19)17(20)12-24-18(21)13-5-3-4-6-13/h7-8,11,13H,2-6,9-10,12H2,1H3. The fraction of sp³-hybridized carbons (Fsp3) is 0.556. The Labute approximate surface area is 148 Å². The van der Waals surface area contributed by atoms with Gasteiger partial charge in [0, 0.05) is 12.1 Å². The minimum Gasteiger partial charge on any atom is -0.457 e. The summed E-state index contributed by atoms with van der Waals surface area (Å²) in [5, 5.41) is 0. The van der Waals surface area contributed by atoms with Crippen molar-refractivity contribution in [2.24, 2.45) is 5.92 Å². The number of carbonyl (C=O) groups excluding carboxylic acids is 2. The maximum atomic E-state index is 12.3. The van der Waals surface area contributed by atoms with Crippen molar-refractivity contribution >= 4 is 27.5 Å². The molecule has 0 aromatic heterocycles. The van der Waals surface area contributed by atoms with Crippen LogP contribution in [0.1, 0.15) is 48.5 Å². The third-order valence-corrected chi connectivity index (χ3v) is 6.77. The number of hydrogen-bond acceptors (Lipinski definition) is 5. The van der Waals surface area contributed by atoms with E-state index in [4.69, 9.17) is 4.74 Å². The van der Waals surface area contributed by atoms with Gasteiger partial charge in [-0.05, 0) is 49.9 Å². The van der Waals surface area contributed by atoms with E-state index in [1.807, 2.05) is 0 Å². The Morgan fingerprint density at radius 3 is 2.64 bits per heavy atom. The summed E-state index contributed by atoms with van der Waals surface area (Å²) >= 11 is 0. The maximum Gasteiger partial charge on any atom is 0.309 e. The van der Waals surface area contributed by atoms with E-state index in [-0.39, 0.29) is 30.0 Å². The summed E-state index contributed by atoms with van der Waals surface area (Å²) in [6.45, 7) is 1.76. The summed E-state index contributed by atoms with van der Waals surface area (Å²) in [6.07, 6.45) is 4.34. The Balaban J connectivity index is 1.66. The Hall–Kier alpha value is -1.89. The van der Waals surface area contributed by atoms with Crippen LogP contribution in [0.15, 0.2) is 18.2 Å². The molecule has 0 radical (unpaired) electrons. The van der Waals surface area contributed by atoms with Gasteiger partial charge in [-0.3, -0.25) is 13.9 Å². The first-order valence-electron chi connectivity index (χ1n) is 8.75. The first-order valence-corrected chi connectivity index (χ1v) is 10.4. The predicted molar refractivity (Wildman–Crippen MR) is 94.2 cm³/mol. The number of ether oxygens (including phenoxy) is 1. The average molecular weight is 365 g/mol. The van der Waals surface area contributed by atoms with Crippen LogP contribution >= 0.6 is 0 Å². The number of ketones is 1. The second-order valence-electron chi connectivity index (χ2n) is 6.58. The molecule has 0 atom stereocenters. The van der Waals surface area contributed by atoms with Crippen LogP contribution in [-0.2, 0) is 26.0 Å². The van der Waals surface area contributed by atoms with Crippen LogP contribution in [0, 0.1) is 5.92 Å². The number of nitrogens with zero attached hydrogens (tertiary/aromatic N) is 1. The molecule has 1 aromatic rings. The zero-order valence-electron chi connectivity index (χ0n) is 14.4. The van der Waals surface area contributed by atoms with Gasteiger partial charge in [0.15, 0.2) is 12.4 Å². The van der Waals surface area contributed by atoms with Gasteiger partial charge in [0.2, 0.25) is 10.0 Å². The Morgan fingerprint density at radius 2 is 1.96 bits per heavy atom. The lowest BCUT2D eigenvalue weighted by Gasteiger charge is -2.18. The van der Waals surface area contributed by atoms with E-state index < -0.39 is 10.0 Å². The first kappa shape index (κ1) is 17.9. The van der Waals surface area contributed by atoms with Crippen LogP contribution in [0.4, 0.5) is 5.69 Å². The quantitative estimate of drug-likeness (QED) is 0.571. The van der Waals surface area contributed by atoms with Gasteiger partial charge < -0.3 is 4.74 Å². The number of sulfonamides is 1. The van der Waals surface area contributed by atoms with Gasteiger partial charge in [-0.1, -0.05) is 12.8 Å². The molecular formula is C18H23NO5S. The van der Waals surface area contributed by atoms with Crippen molar-refractivity contribution in [1.29, 1.82) is 0 Å². The van der Waals surface area contributed by atoms with Crippen LogP contribution in [0.5, 0.6) is 0 Å². The van der Waals surface area contributed by atoms with Crippen molar-refractivity contribution in [3.05, 3.63) is 29.3 Å². The maximum absolute atomic E-state index is 12.3. The molecule has 0 amide bonds. The lowest BCUT2D eigenvalue weighted by atomic mass is 10.1. The normalized spacial score (nSPS) is 17.6. The van der Waals surface area contributed by atoms with Crippen LogP contribution in [-0.4, -0.2) is 39.1 Å². The molecule has 0 bridgehead atoms. The van der Waals surface area contributed by atoms with Gasteiger partial charge in [0.1, 0.15) is 0 Å². The molecule has 1 heterocycles. The van der Waals surface area contributed by atoms with Crippen molar-refractivity contribution in [2.75, 3.05) is 23.2 Å². The molecular weight excluding hydrogens is 342 g/mol. The summed E-state index contributed by atoms with van der Waals surface area (Å²) < 4.78 is 30.7. The van der Waals surface area contributed by atoms with Gasteiger partial charge >= 0.3 is 5.97 Å². The fourth-order valence-corrected chi connectivity index (χ4v) is 4.65. The Bertz CT molecular complexity index is 781. The van der Waals surface area contributed by atoms with E-state index in [0.29, 0.717) is 24.2 Å². The molecule has 1 aromatic carbocycles. The van der Waals surface area contributed by atoms with Crippen molar-refractivity contribution in [3.63, 3.8) is 0 Å². The number of anilines is 1. The van der Waals surface area contributed by atoms with Crippen molar-refractivity contribution in [1.82, 2.24) is 0 Å². The molecule has 0 unspecified atom stereocenters. The molecule has 25 heavy (non-hydrogen) atoms. The molecule has 0 spiro atoms. The summed E-state index contributed by atoms with van der Waals surface area (Å²) in [5.41, 5.74) is 1.93. The molecule has 1 saturated carbocycles. The van der Waals surface area contributed by atoms with E-state index in [0.717, 1.165) is 31.2 Å². The lowest BCUT2D eigenvalue weighted by Crippen LogP contribution is -2.30. The highest BCUT2D eigenvalue weighted by atomic mass is 32.2. The SMILES string of the molecule is CCS(=O)(=O)N1CCc2cc(C(=O)COC(=O)C3CCCC3)ccc21. The number of fused-ring (bicyclic) bond motifs is 1. The Morgan fingerprint density at radius 1 is 1.24 bits per heavy atom. The summed E-state index contributed by atoms with van der Waals surface area (Å²) in [5.74, 6) is -0.566. The third kappa shape index (κ3) is 3.71. The highest BCUT2D eigenvalue weighted by Crippen LogP contribution is 2.31. The van der Waals surface area contributed by atoms with Crippen molar-refractivity contribution in [2.45, 2.75) is 39.0 Å². The number of rotatable bonds is 6. The highest BCUT2D eigenvalue weighted by Gasteiger charge is 2.29. The second-order valence-corrected chi connectivity index (χ2v) is 8.76. The van der Waals surface area contributed by atoms with E-state index in [1.165, 1.54) is 4.31 Å². The minimum absolute atomic E-state index is 0.0459. The molecule has 0 N–H and O–H groups in total. The van der Waals surface area contributed by atoms with E-state index in [9.17, 15) is 18.0 Å². The minimum atomic E-state index is -3.30. The van der Waals surface area contributed by atoms with Crippen LogP contribution in [0.3, 0.4) is 0 Å². The van der Waals surface area contributed by atoms with E-state index in [1.54, 1.807) is 25.1 Å². The molecule has 0 saturated heterocycles. The van der Waals surface area contributed by atoms with Crippen LogP contribution < -0.4 is 4.31 Å². The molecule has 7 heteroatoms. The largest absolute Gasteiger partial charge is 0.457 e. The van der Waals surface area contributed by atoms with Gasteiger partial charge in [0.05, 0.1) is 17.4 Å². The van der Waals surface area contributed by atoms with Crippen molar-refractivity contribution in [3.8, 4) is 0 Å². The number of esters is 1. The monoisotopic (exact) mass is 365 g/mol. The summed E-state index contributed by atoms with van der Waals surface area (Å²) in [6, 6.07) is 4.99. The van der Waals surface area contributed by atoms with Crippen molar-refractivity contribution < 1.29 is 22.7 Å². The number of Topliss-reactive ketones (excluding diaryl/α,β-unsaturated/α-hetero) is 1. The zero-order chi connectivity index (χ0) is 18.0. The van der Waals surface area contributed by atoms with Crippen LogP contribution in [0.25, 0.3) is 0 Å². The summed E-state index contributed by atoms with van der Waals surface area (Å²) in [4.78, 5) is 24.2. The van der Waals surface area contributed by atoms with Gasteiger partial charge in [-0.2, -0.15) is 0 Å².